The molecule has 1 aromatic carbocycles. The molecule has 1 aromatic rings. The summed E-state index contributed by atoms with van der Waals surface area (Å²) in [6, 6.07) is 5.02. The maximum Gasteiger partial charge on any atom is 0.311 e. The summed E-state index contributed by atoms with van der Waals surface area (Å²) in [5, 5.41) is 9.27. The van der Waals surface area contributed by atoms with Crippen molar-refractivity contribution in [2.24, 2.45) is 5.41 Å². The summed E-state index contributed by atoms with van der Waals surface area (Å²) in [6.45, 7) is 6.15. The fourth-order valence-electron chi connectivity index (χ4n) is 2.64. The molecule has 2 rings (SSSR count). The van der Waals surface area contributed by atoms with Crippen LogP contribution in [0.3, 0.4) is 0 Å². The second-order valence-electron chi connectivity index (χ2n) is 6.37. The molecule has 0 bridgehead atoms. The summed E-state index contributed by atoms with van der Waals surface area (Å²) in [7, 11) is 1.52. The Hall–Kier alpha value is -2.24. The van der Waals surface area contributed by atoms with Crippen molar-refractivity contribution in [2.75, 3.05) is 20.2 Å². The summed E-state index contributed by atoms with van der Waals surface area (Å²) in [5.41, 5.74) is -0.409. The lowest BCUT2D eigenvalue weighted by molar-refractivity contribution is -0.147. The van der Waals surface area contributed by atoms with Gasteiger partial charge in [-0.3, -0.25) is 9.59 Å². The first-order chi connectivity index (χ1) is 10.8. The van der Waals surface area contributed by atoms with E-state index in [1.807, 2.05) is 13.8 Å². The first-order valence-corrected chi connectivity index (χ1v) is 7.64. The lowest BCUT2D eigenvalue weighted by atomic mass is 9.90. The molecule has 126 valence electrons. The highest BCUT2D eigenvalue weighted by atomic mass is 16.5. The van der Waals surface area contributed by atoms with Gasteiger partial charge in [-0.1, -0.05) is 0 Å². The second kappa shape index (κ2) is 6.48. The van der Waals surface area contributed by atoms with Crippen molar-refractivity contribution >= 4 is 11.9 Å². The molecule has 0 aliphatic carbocycles. The van der Waals surface area contributed by atoms with Crippen LogP contribution in [0.15, 0.2) is 18.2 Å². The Morgan fingerprint density at radius 2 is 2.00 bits per heavy atom. The minimum absolute atomic E-state index is 0.000285. The first-order valence-electron chi connectivity index (χ1n) is 7.64. The molecule has 1 aliphatic heterocycles. The fourth-order valence-corrected chi connectivity index (χ4v) is 2.64. The van der Waals surface area contributed by atoms with Crippen molar-refractivity contribution in [2.45, 2.75) is 33.3 Å². The van der Waals surface area contributed by atoms with Gasteiger partial charge >= 0.3 is 5.97 Å². The molecule has 0 aromatic heterocycles. The van der Waals surface area contributed by atoms with Gasteiger partial charge in [0.15, 0.2) is 11.5 Å². The standard InChI is InChI=1S/C17H23NO5/c1-11(2)23-13-6-5-12(9-14(13)22-4)15(19)18-8-7-17(3,10-18)16(20)21/h5-6,9,11H,7-8,10H2,1-4H3,(H,20,21)/t17-/m1/s1. The quantitative estimate of drug-likeness (QED) is 0.901. The Kier molecular flexibility index (Phi) is 4.82. The van der Waals surface area contributed by atoms with Gasteiger partial charge in [0.1, 0.15) is 0 Å². The van der Waals surface area contributed by atoms with Crippen molar-refractivity contribution in [3.63, 3.8) is 0 Å². The van der Waals surface area contributed by atoms with E-state index < -0.39 is 11.4 Å². The molecule has 23 heavy (non-hydrogen) atoms. The van der Waals surface area contributed by atoms with E-state index in [2.05, 4.69) is 0 Å². The van der Waals surface area contributed by atoms with Gasteiger partial charge in [0.25, 0.3) is 5.91 Å². The minimum Gasteiger partial charge on any atom is -0.493 e. The number of carboxylic acids is 1. The third-order valence-corrected chi connectivity index (χ3v) is 4.05. The zero-order chi connectivity index (χ0) is 17.2. The van der Waals surface area contributed by atoms with Crippen LogP contribution in [0.4, 0.5) is 0 Å². The van der Waals surface area contributed by atoms with Crippen molar-refractivity contribution < 1.29 is 24.2 Å². The third-order valence-electron chi connectivity index (χ3n) is 4.05. The van der Waals surface area contributed by atoms with Gasteiger partial charge in [-0.15, -0.1) is 0 Å². The molecule has 6 nitrogen and oxygen atoms in total. The summed E-state index contributed by atoms with van der Waals surface area (Å²) >= 11 is 0. The molecule has 1 amide bonds. The number of nitrogens with zero attached hydrogens (tertiary/aromatic N) is 1. The predicted molar refractivity (Wildman–Crippen MR) is 85.0 cm³/mol. The Morgan fingerprint density at radius 1 is 1.30 bits per heavy atom. The summed E-state index contributed by atoms with van der Waals surface area (Å²) in [5.74, 6) is 0.0102. The van der Waals surface area contributed by atoms with Crippen LogP contribution >= 0.6 is 0 Å². The smallest absolute Gasteiger partial charge is 0.311 e. The zero-order valence-corrected chi connectivity index (χ0v) is 14.0. The molecule has 1 saturated heterocycles. The molecular weight excluding hydrogens is 298 g/mol. The number of carbonyl (C=O) groups is 2. The van der Waals surface area contributed by atoms with Crippen LogP contribution in [0.1, 0.15) is 37.6 Å². The maximum atomic E-state index is 12.6. The molecule has 0 radical (unpaired) electrons. The number of carbonyl (C=O) groups excluding carboxylic acids is 1. The number of hydrogen-bond donors (Lipinski definition) is 1. The van der Waals surface area contributed by atoms with Crippen LogP contribution in [-0.2, 0) is 4.79 Å². The van der Waals surface area contributed by atoms with Gasteiger partial charge in [0, 0.05) is 18.7 Å². The number of aliphatic carboxylic acids is 1. The topological polar surface area (TPSA) is 76.1 Å². The van der Waals surface area contributed by atoms with Gasteiger partial charge in [-0.2, -0.15) is 0 Å². The first kappa shape index (κ1) is 17.1. The average molecular weight is 321 g/mol. The highest BCUT2D eigenvalue weighted by Crippen LogP contribution is 2.33. The molecule has 1 aliphatic rings. The van der Waals surface area contributed by atoms with Crippen LogP contribution in [0.25, 0.3) is 0 Å². The number of methoxy groups -OCH3 is 1. The van der Waals surface area contributed by atoms with Crippen LogP contribution in [0, 0.1) is 5.41 Å². The zero-order valence-electron chi connectivity index (χ0n) is 14.0. The van der Waals surface area contributed by atoms with E-state index in [9.17, 15) is 14.7 Å². The summed E-state index contributed by atoms with van der Waals surface area (Å²) < 4.78 is 10.9. The second-order valence-corrected chi connectivity index (χ2v) is 6.37. The van der Waals surface area contributed by atoms with Crippen molar-refractivity contribution in [1.29, 1.82) is 0 Å². The van der Waals surface area contributed by atoms with Crippen LogP contribution < -0.4 is 9.47 Å². The van der Waals surface area contributed by atoms with E-state index in [-0.39, 0.29) is 18.6 Å². The molecule has 6 heteroatoms. The van der Waals surface area contributed by atoms with E-state index in [0.717, 1.165) is 0 Å². The summed E-state index contributed by atoms with van der Waals surface area (Å²) in [4.78, 5) is 25.5. The van der Waals surface area contributed by atoms with Crippen molar-refractivity contribution in [3.05, 3.63) is 23.8 Å². The van der Waals surface area contributed by atoms with E-state index >= 15 is 0 Å². The number of benzene rings is 1. The SMILES string of the molecule is COc1cc(C(=O)N2CC[C@@](C)(C(=O)O)C2)ccc1OC(C)C. The van der Waals surface area contributed by atoms with Gasteiger partial charge < -0.3 is 19.5 Å². The highest BCUT2D eigenvalue weighted by molar-refractivity contribution is 5.95. The Bertz CT molecular complexity index is 613. The van der Waals surface area contributed by atoms with E-state index in [0.29, 0.717) is 30.0 Å². The average Bonchev–Trinajstić information content (AvgIpc) is 2.90. The Labute approximate surface area is 136 Å². The third kappa shape index (κ3) is 3.57. The Morgan fingerprint density at radius 3 is 2.52 bits per heavy atom. The van der Waals surface area contributed by atoms with E-state index in [1.165, 1.54) is 7.11 Å². The van der Waals surface area contributed by atoms with Gasteiger partial charge in [0.05, 0.1) is 18.6 Å². The number of ether oxygens (including phenoxy) is 2. The highest BCUT2D eigenvalue weighted by Gasteiger charge is 2.42. The van der Waals surface area contributed by atoms with Gasteiger partial charge in [0.2, 0.25) is 0 Å². The molecule has 1 atom stereocenters. The van der Waals surface area contributed by atoms with Crippen LogP contribution in [-0.4, -0.2) is 48.2 Å². The lowest BCUT2D eigenvalue weighted by Crippen LogP contribution is -2.34. The summed E-state index contributed by atoms with van der Waals surface area (Å²) in [6.07, 6.45) is 0.458. The minimum atomic E-state index is -0.875. The molecule has 0 saturated carbocycles. The number of amides is 1. The molecule has 1 fully saturated rings. The molecule has 0 spiro atoms. The largest absolute Gasteiger partial charge is 0.493 e. The predicted octanol–water partition coefficient (Wildman–Crippen LogP) is 2.42. The Balaban J connectivity index is 2.19. The van der Waals surface area contributed by atoms with Gasteiger partial charge in [-0.25, -0.2) is 0 Å². The van der Waals surface area contributed by atoms with Crippen molar-refractivity contribution in [1.82, 2.24) is 4.90 Å². The number of carboxylic acid groups (broad SMARTS) is 1. The lowest BCUT2D eigenvalue weighted by Gasteiger charge is -2.21. The van der Waals surface area contributed by atoms with Crippen LogP contribution in [0.2, 0.25) is 0 Å². The van der Waals surface area contributed by atoms with Crippen molar-refractivity contribution in [3.8, 4) is 11.5 Å². The number of hydrogen-bond acceptors (Lipinski definition) is 4. The fraction of sp³-hybridized carbons (Fsp3) is 0.529. The number of likely N-dealkylation sites (tertiary alicyclic amines) is 1. The van der Waals surface area contributed by atoms with Crippen LogP contribution in [0.5, 0.6) is 11.5 Å². The molecule has 0 unspecified atom stereocenters. The maximum absolute atomic E-state index is 12.6. The van der Waals surface area contributed by atoms with Gasteiger partial charge in [-0.05, 0) is 45.4 Å². The number of rotatable bonds is 5. The van der Waals surface area contributed by atoms with E-state index in [4.69, 9.17) is 9.47 Å². The normalized spacial score (nSPS) is 20.7. The molecule has 1 heterocycles. The molecule has 1 N–H and O–H groups in total. The molecular formula is C17H23NO5. The van der Waals surface area contributed by atoms with E-state index in [1.54, 1.807) is 30.0 Å². The monoisotopic (exact) mass is 321 g/mol.